The number of fused-ring (bicyclic) bond motifs is 6. The Morgan fingerprint density at radius 3 is 2.25 bits per heavy atom. The maximum atomic E-state index is 5.91. The Kier molecular flexibility index (Phi) is 2.77. The third kappa shape index (κ3) is 1.88. The van der Waals surface area contributed by atoms with E-state index >= 15 is 0 Å². The van der Waals surface area contributed by atoms with E-state index < -0.39 is 0 Å². The zero-order valence-electron chi connectivity index (χ0n) is 13.4. The quantitative estimate of drug-likeness (QED) is 0.242. The summed E-state index contributed by atoms with van der Waals surface area (Å²) in [5.74, 6) is 0.901. The second kappa shape index (κ2) is 4.97. The minimum Gasteiger partial charge on any atom is -0.457 e. The number of allylic oxidation sites excluding steroid dienone is 1. The van der Waals surface area contributed by atoms with Crippen LogP contribution in [0.15, 0.2) is 77.2 Å². The fourth-order valence-electron chi connectivity index (χ4n) is 3.62. The van der Waals surface area contributed by atoms with E-state index in [4.69, 9.17) is 4.42 Å². The first kappa shape index (κ1) is 13.4. The van der Waals surface area contributed by atoms with Crippen LogP contribution in [0, 0.1) is 0 Å². The first-order valence-electron chi connectivity index (χ1n) is 8.24. The highest BCUT2D eigenvalue weighted by Gasteiger charge is 2.09. The molecule has 1 nitrogen and oxygen atoms in total. The molecule has 0 unspecified atom stereocenters. The van der Waals surface area contributed by atoms with Gasteiger partial charge in [-0.2, -0.15) is 0 Å². The summed E-state index contributed by atoms with van der Waals surface area (Å²) in [5, 5.41) is 8.83. The van der Waals surface area contributed by atoms with Gasteiger partial charge in [0.25, 0.3) is 0 Å². The summed E-state index contributed by atoms with van der Waals surface area (Å²) in [6, 6.07) is 23.9. The molecule has 1 heterocycles. The van der Waals surface area contributed by atoms with E-state index in [1.54, 1.807) is 0 Å². The van der Waals surface area contributed by atoms with E-state index in [1.165, 1.54) is 37.7 Å². The van der Waals surface area contributed by atoms with Gasteiger partial charge in [0, 0.05) is 5.39 Å². The Balaban J connectivity index is 1.92. The second-order valence-electron chi connectivity index (χ2n) is 6.21. The minimum atomic E-state index is 0.901. The molecule has 0 aliphatic rings. The van der Waals surface area contributed by atoms with Crippen molar-refractivity contribution in [2.75, 3.05) is 0 Å². The topological polar surface area (TPSA) is 13.1 Å². The van der Waals surface area contributed by atoms with Gasteiger partial charge in [0.15, 0.2) is 0 Å². The zero-order chi connectivity index (χ0) is 16.1. The van der Waals surface area contributed by atoms with Crippen LogP contribution in [0.25, 0.3) is 49.4 Å². The van der Waals surface area contributed by atoms with Gasteiger partial charge in [-0.25, -0.2) is 0 Å². The van der Waals surface area contributed by atoms with Gasteiger partial charge in [-0.05, 0) is 69.6 Å². The van der Waals surface area contributed by atoms with Crippen molar-refractivity contribution in [1.82, 2.24) is 0 Å². The van der Waals surface area contributed by atoms with Crippen LogP contribution in [0.3, 0.4) is 0 Å². The standard InChI is InChI=1S/C23H16O/c1-2-5-18-14-22-20-9-8-17-12-15-6-3-4-7-16(15)13-21(17)19(20)10-11-23(22)24-18/h2-14H,1H3/b5-2+. The molecule has 5 rings (SSSR count). The number of hydrogen-bond donors (Lipinski definition) is 0. The maximum absolute atomic E-state index is 5.91. The van der Waals surface area contributed by atoms with Gasteiger partial charge >= 0.3 is 0 Å². The monoisotopic (exact) mass is 308 g/mol. The summed E-state index contributed by atoms with van der Waals surface area (Å²) < 4.78 is 5.91. The molecule has 24 heavy (non-hydrogen) atoms. The van der Waals surface area contributed by atoms with E-state index in [0.717, 1.165) is 11.3 Å². The third-order valence-corrected chi connectivity index (χ3v) is 4.73. The fourth-order valence-corrected chi connectivity index (χ4v) is 3.62. The van der Waals surface area contributed by atoms with Crippen LogP contribution in [0.4, 0.5) is 0 Å². The van der Waals surface area contributed by atoms with Crippen LogP contribution >= 0.6 is 0 Å². The predicted molar refractivity (Wildman–Crippen MR) is 103 cm³/mol. The molecule has 114 valence electrons. The molecular formula is C23H16O. The van der Waals surface area contributed by atoms with Crippen LogP contribution in [0.1, 0.15) is 12.7 Å². The maximum Gasteiger partial charge on any atom is 0.135 e. The Morgan fingerprint density at radius 1 is 0.667 bits per heavy atom. The summed E-state index contributed by atoms with van der Waals surface area (Å²) in [4.78, 5) is 0. The lowest BCUT2D eigenvalue weighted by atomic mass is 9.97. The molecular weight excluding hydrogens is 292 g/mol. The van der Waals surface area contributed by atoms with Crippen molar-refractivity contribution in [3.63, 3.8) is 0 Å². The van der Waals surface area contributed by atoms with Gasteiger partial charge < -0.3 is 4.42 Å². The largest absolute Gasteiger partial charge is 0.457 e. The van der Waals surface area contributed by atoms with Crippen molar-refractivity contribution < 1.29 is 4.42 Å². The normalized spacial score (nSPS) is 12.2. The minimum absolute atomic E-state index is 0.901. The molecule has 0 saturated carbocycles. The van der Waals surface area contributed by atoms with Crippen LogP contribution in [-0.4, -0.2) is 0 Å². The van der Waals surface area contributed by atoms with Gasteiger partial charge in [-0.3, -0.25) is 0 Å². The Morgan fingerprint density at radius 2 is 1.42 bits per heavy atom. The van der Waals surface area contributed by atoms with Crippen LogP contribution in [0.2, 0.25) is 0 Å². The van der Waals surface area contributed by atoms with E-state index in [9.17, 15) is 0 Å². The predicted octanol–water partition coefficient (Wildman–Crippen LogP) is 6.93. The lowest BCUT2D eigenvalue weighted by Crippen LogP contribution is -1.80. The Labute approximate surface area is 139 Å². The Bertz CT molecular complexity index is 1250. The van der Waals surface area contributed by atoms with Crippen molar-refractivity contribution in [3.8, 4) is 0 Å². The van der Waals surface area contributed by atoms with Crippen molar-refractivity contribution in [3.05, 3.63) is 78.6 Å². The first-order chi connectivity index (χ1) is 11.8. The average Bonchev–Trinajstić information content (AvgIpc) is 3.03. The molecule has 4 aromatic carbocycles. The number of rotatable bonds is 1. The average molecular weight is 308 g/mol. The van der Waals surface area contributed by atoms with Crippen molar-refractivity contribution in [2.24, 2.45) is 0 Å². The zero-order valence-corrected chi connectivity index (χ0v) is 13.4. The van der Waals surface area contributed by atoms with E-state index in [1.807, 2.05) is 19.1 Å². The number of furan rings is 1. The molecule has 5 aromatic rings. The number of benzene rings is 4. The van der Waals surface area contributed by atoms with E-state index in [-0.39, 0.29) is 0 Å². The number of hydrogen-bond acceptors (Lipinski definition) is 1. The molecule has 0 aliphatic heterocycles. The molecule has 0 saturated heterocycles. The lowest BCUT2D eigenvalue weighted by Gasteiger charge is -2.07. The lowest BCUT2D eigenvalue weighted by molar-refractivity contribution is 0.604. The van der Waals surface area contributed by atoms with Gasteiger partial charge in [0.05, 0.1) is 0 Å². The molecule has 0 radical (unpaired) electrons. The van der Waals surface area contributed by atoms with Crippen molar-refractivity contribution in [2.45, 2.75) is 6.92 Å². The van der Waals surface area contributed by atoms with Crippen molar-refractivity contribution in [1.29, 1.82) is 0 Å². The molecule has 1 aromatic heterocycles. The van der Waals surface area contributed by atoms with Gasteiger partial charge in [-0.1, -0.05) is 48.5 Å². The van der Waals surface area contributed by atoms with E-state index in [0.29, 0.717) is 0 Å². The highest BCUT2D eigenvalue weighted by atomic mass is 16.3. The summed E-state index contributed by atoms with van der Waals surface area (Å²) in [6.45, 7) is 2.00. The third-order valence-electron chi connectivity index (χ3n) is 4.73. The molecule has 0 atom stereocenters. The second-order valence-corrected chi connectivity index (χ2v) is 6.21. The van der Waals surface area contributed by atoms with Crippen molar-refractivity contribution >= 4 is 49.4 Å². The first-order valence-corrected chi connectivity index (χ1v) is 8.24. The molecule has 0 amide bonds. The molecule has 0 N–H and O–H groups in total. The smallest absolute Gasteiger partial charge is 0.135 e. The molecule has 0 bridgehead atoms. The Hall–Kier alpha value is -3.06. The van der Waals surface area contributed by atoms with E-state index in [2.05, 4.69) is 66.7 Å². The fraction of sp³-hybridized carbons (Fsp3) is 0.0435. The summed E-state index contributed by atoms with van der Waals surface area (Å²) >= 11 is 0. The molecule has 1 heteroatoms. The van der Waals surface area contributed by atoms with Crippen LogP contribution < -0.4 is 0 Å². The van der Waals surface area contributed by atoms with Crippen LogP contribution in [0.5, 0.6) is 0 Å². The molecule has 0 aliphatic carbocycles. The molecule has 0 spiro atoms. The summed E-state index contributed by atoms with van der Waals surface area (Å²) in [6.07, 6.45) is 4.00. The highest BCUT2D eigenvalue weighted by Crippen LogP contribution is 2.34. The highest BCUT2D eigenvalue weighted by molar-refractivity contribution is 6.18. The van der Waals surface area contributed by atoms with Gasteiger partial charge in [0.2, 0.25) is 0 Å². The van der Waals surface area contributed by atoms with Gasteiger partial charge in [-0.15, -0.1) is 0 Å². The van der Waals surface area contributed by atoms with Crippen LogP contribution in [-0.2, 0) is 0 Å². The molecule has 0 fully saturated rings. The summed E-state index contributed by atoms with van der Waals surface area (Å²) in [7, 11) is 0. The summed E-state index contributed by atoms with van der Waals surface area (Å²) in [5.41, 5.74) is 0.940. The van der Waals surface area contributed by atoms with Gasteiger partial charge in [0.1, 0.15) is 11.3 Å². The SMILES string of the molecule is C/C=C/c1cc2c(ccc3c4cc5ccccc5cc4ccc23)o1.